The molecule has 7 heteroatoms. The highest BCUT2D eigenvalue weighted by molar-refractivity contribution is 7.09. The second-order valence-electron chi connectivity index (χ2n) is 11.0. The Labute approximate surface area is 212 Å². The molecule has 2 N–H and O–H groups in total. The highest BCUT2D eigenvalue weighted by Crippen LogP contribution is 2.63. The molecule has 1 amide bonds. The maximum absolute atomic E-state index is 12.9. The Balaban J connectivity index is 1.29. The number of aliphatic hydroxyl groups excluding tert-OH is 1. The lowest BCUT2D eigenvalue weighted by Gasteiger charge is -2.63. The number of carbonyl (C=O) groups is 1. The lowest BCUT2D eigenvalue weighted by Crippen LogP contribution is -2.62. The van der Waals surface area contributed by atoms with E-state index in [1.165, 1.54) is 0 Å². The summed E-state index contributed by atoms with van der Waals surface area (Å²) >= 11 is 1.64. The van der Waals surface area contributed by atoms with E-state index in [2.05, 4.69) is 19.2 Å². The predicted octanol–water partition coefficient (Wildman–Crippen LogP) is 5.07. The van der Waals surface area contributed by atoms with Crippen LogP contribution in [0.25, 0.3) is 0 Å². The van der Waals surface area contributed by atoms with E-state index in [0.717, 1.165) is 35.5 Å². The zero-order chi connectivity index (χ0) is 24.6. The van der Waals surface area contributed by atoms with Gasteiger partial charge in [0.2, 0.25) is 5.91 Å². The summed E-state index contributed by atoms with van der Waals surface area (Å²) in [5.74, 6) is 1.09. The summed E-state index contributed by atoms with van der Waals surface area (Å²) in [7, 11) is 1.66. The lowest BCUT2D eigenvalue weighted by atomic mass is 9.46. The minimum absolute atomic E-state index is 0.0207. The second-order valence-corrected chi connectivity index (χ2v) is 12.0. The minimum Gasteiger partial charge on any atom is -0.497 e. The molecule has 0 spiro atoms. The molecule has 7 atom stereocenters. The van der Waals surface area contributed by atoms with E-state index in [1.54, 1.807) is 18.4 Å². The molecule has 0 bridgehead atoms. The Morgan fingerprint density at radius 1 is 1.17 bits per heavy atom. The molecular formula is C28H37NO5S. The van der Waals surface area contributed by atoms with Crippen molar-refractivity contribution < 1.29 is 24.1 Å². The Kier molecular flexibility index (Phi) is 6.96. The van der Waals surface area contributed by atoms with Crippen LogP contribution in [-0.4, -0.2) is 36.9 Å². The maximum Gasteiger partial charge on any atom is 0.220 e. The first kappa shape index (κ1) is 24.8. The highest BCUT2D eigenvalue weighted by Gasteiger charge is 2.61. The Morgan fingerprint density at radius 2 is 1.97 bits per heavy atom. The number of carbonyl (C=O) groups excluding carboxylic acids is 1. The van der Waals surface area contributed by atoms with Crippen LogP contribution in [0.1, 0.15) is 62.7 Å². The largest absolute Gasteiger partial charge is 0.497 e. The van der Waals surface area contributed by atoms with Gasteiger partial charge in [-0.1, -0.05) is 32.0 Å². The van der Waals surface area contributed by atoms with Gasteiger partial charge in [0.15, 0.2) is 6.29 Å². The Hall–Kier alpha value is -1.93. The van der Waals surface area contributed by atoms with Crippen LogP contribution in [0.3, 0.4) is 0 Å². The number of rotatable bonds is 6. The van der Waals surface area contributed by atoms with Crippen molar-refractivity contribution in [1.29, 1.82) is 0 Å². The van der Waals surface area contributed by atoms with Crippen LogP contribution < -0.4 is 10.1 Å². The third-order valence-corrected chi connectivity index (χ3v) is 9.88. The van der Waals surface area contributed by atoms with Crippen LogP contribution in [0.2, 0.25) is 0 Å². The number of thiophene rings is 1. The van der Waals surface area contributed by atoms with Crippen molar-refractivity contribution in [3.63, 3.8) is 0 Å². The molecule has 3 aliphatic rings. The summed E-state index contributed by atoms with van der Waals surface area (Å²) < 4.78 is 18.2. The van der Waals surface area contributed by atoms with Gasteiger partial charge in [-0.25, -0.2) is 0 Å². The average Bonchev–Trinajstić information content (AvgIpc) is 3.38. The van der Waals surface area contributed by atoms with Crippen LogP contribution in [0.15, 0.2) is 41.8 Å². The number of hydrogen-bond donors (Lipinski definition) is 2. The molecule has 5 rings (SSSR count). The maximum atomic E-state index is 12.9. The normalized spacial score (nSPS) is 36.6. The molecule has 190 valence electrons. The molecule has 2 aromatic rings. The molecule has 35 heavy (non-hydrogen) atoms. The van der Waals surface area contributed by atoms with E-state index in [9.17, 15) is 9.90 Å². The summed E-state index contributed by atoms with van der Waals surface area (Å²) in [4.78, 5) is 14.0. The third-order valence-electron chi connectivity index (χ3n) is 9.00. The highest BCUT2D eigenvalue weighted by atomic mass is 32.1. The Bertz CT molecular complexity index is 1010. The smallest absolute Gasteiger partial charge is 0.220 e. The van der Waals surface area contributed by atoms with Gasteiger partial charge in [-0.3, -0.25) is 4.79 Å². The van der Waals surface area contributed by atoms with Crippen molar-refractivity contribution in [1.82, 2.24) is 5.32 Å². The molecule has 2 saturated carbocycles. The Morgan fingerprint density at radius 3 is 2.69 bits per heavy atom. The summed E-state index contributed by atoms with van der Waals surface area (Å²) in [5, 5.41) is 16.1. The molecule has 7 unspecified atom stereocenters. The van der Waals surface area contributed by atoms with Gasteiger partial charge in [0.1, 0.15) is 5.75 Å². The van der Waals surface area contributed by atoms with Crippen LogP contribution in [0.5, 0.6) is 5.75 Å². The van der Waals surface area contributed by atoms with Crippen molar-refractivity contribution in [2.45, 2.75) is 71.0 Å². The van der Waals surface area contributed by atoms with Gasteiger partial charge in [0.05, 0.1) is 32.5 Å². The van der Waals surface area contributed by atoms with Crippen molar-refractivity contribution >= 4 is 17.2 Å². The van der Waals surface area contributed by atoms with Crippen LogP contribution in [0, 0.1) is 22.7 Å². The van der Waals surface area contributed by atoms with E-state index in [1.807, 2.05) is 41.8 Å². The fourth-order valence-electron chi connectivity index (χ4n) is 7.04. The molecule has 6 nitrogen and oxygen atoms in total. The zero-order valence-electron chi connectivity index (χ0n) is 20.9. The molecule has 1 aromatic carbocycles. The van der Waals surface area contributed by atoms with Crippen LogP contribution in [-0.2, 0) is 20.8 Å². The zero-order valence-corrected chi connectivity index (χ0v) is 21.7. The van der Waals surface area contributed by atoms with Gasteiger partial charge in [0, 0.05) is 22.3 Å². The van der Waals surface area contributed by atoms with Crippen LogP contribution in [0.4, 0.5) is 0 Å². The molecule has 2 aliphatic carbocycles. The number of amides is 1. The third kappa shape index (κ3) is 4.64. The molecule has 0 radical (unpaired) electrons. The summed E-state index contributed by atoms with van der Waals surface area (Å²) in [5.41, 5.74) is 0.713. The number of aliphatic hydroxyl groups is 1. The molecule has 1 saturated heterocycles. The van der Waals surface area contributed by atoms with Gasteiger partial charge >= 0.3 is 0 Å². The van der Waals surface area contributed by atoms with Crippen molar-refractivity contribution in [3.8, 4) is 5.75 Å². The van der Waals surface area contributed by atoms with Crippen LogP contribution >= 0.6 is 11.3 Å². The molecule has 1 aromatic heterocycles. The second kappa shape index (κ2) is 9.85. The van der Waals surface area contributed by atoms with E-state index in [0.29, 0.717) is 31.9 Å². The van der Waals surface area contributed by atoms with E-state index < -0.39 is 6.10 Å². The monoisotopic (exact) mass is 499 g/mol. The molecular weight excluding hydrogens is 462 g/mol. The van der Waals surface area contributed by atoms with E-state index in [-0.39, 0.29) is 35.0 Å². The number of ether oxygens (including phenoxy) is 3. The first-order valence-corrected chi connectivity index (χ1v) is 13.6. The standard InChI is InChI=1S/C28H37NO5S/c1-27-13-12-24-28(2,17-33-26(34-24)18-6-8-19(32-3)9-7-18)23(27)11-10-22(30)21(27)15-25(31)29-16-20-5-4-14-35-20/h4-9,14,21-24,26,30H,10-13,15-17H2,1-3H3,(H,29,31). The summed E-state index contributed by atoms with van der Waals surface area (Å²) in [6.07, 6.45) is 3.09. The summed E-state index contributed by atoms with van der Waals surface area (Å²) in [6, 6.07) is 11.9. The predicted molar refractivity (Wildman–Crippen MR) is 135 cm³/mol. The minimum atomic E-state index is -0.457. The first-order valence-electron chi connectivity index (χ1n) is 12.7. The van der Waals surface area contributed by atoms with Crippen molar-refractivity contribution in [2.24, 2.45) is 22.7 Å². The number of fused-ring (bicyclic) bond motifs is 3. The summed E-state index contributed by atoms with van der Waals surface area (Å²) in [6.45, 7) is 5.74. The van der Waals surface area contributed by atoms with Gasteiger partial charge in [-0.2, -0.15) is 0 Å². The van der Waals surface area contributed by atoms with Gasteiger partial charge in [-0.05, 0) is 66.5 Å². The molecule has 2 heterocycles. The molecule has 3 fully saturated rings. The average molecular weight is 500 g/mol. The van der Waals surface area contributed by atoms with Gasteiger partial charge < -0.3 is 24.6 Å². The van der Waals surface area contributed by atoms with E-state index in [4.69, 9.17) is 14.2 Å². The molecule has 1 aliphatic heterocycles. The van der Waals surface area contributed by atoms with Crippen molar-refractivity contribution in [2.75, 3.05) is 13.7 Å². The van der Waals surface area contributed by atoms with Gasteiger partial charge in [-0.15, -0.1) is 11.3 Å². The first-order chi connectivity index (χ1) is 16.8. The fraction of sp³-hybridized carbons (Fsp3) is 0.607. The SMILES string of the molecule is COc1ccc(C2OCC3(C)C(CCC4(C)C(CC(=O)NCc5cccs5)C(O)CCC34)O2)cc1. The fourth-order valence-corrected chi connectivity index (χ4v) is 7.69. The number of methoxy groups -OCH3 is 1. The quantitative estimate of drug-likeness (QED) is 0.580. The topological polar surface area (TPSA) is 77.0 Å². The van der Waals surface area contributed by atoms with E-state index >= 15 is 0 Å². The number of benzene rings is 1. The lowest BCUT2D eigenvalue weighted by molar-refractivity contribution is -0.312. The van der Waals surface area contributed by atoms with Crippen molar-refractivity contribution in [3.05, 3.63) is 52.2 Å². The van der Waals surface area contributed by atoms with Gasteiger partial charge in [0.25, 0.3) is 0 Å². The number of nitrogens with one attached hydrogen (secondary N) is 1. The number of hydrogen-bond acceptors (Lipinski definition) is 6.